The summed E-state index contributed by atoms with van der Waals surface area (Å²) in [5.74, 6) is -0.333. The van der Waals surface area contributed by atoms with Crippen LogP contribution in [0.4, 0.5) is 0 Å². The van der Waals surface area contributed by atoms with Gasteiger partial charge < -0.3 is 11.5 Å². The van der Waals surface area contributed by atoms with Crippen LogP contribution in [0.15, 0.2) is 0 Å². The Morgan fingerprint density at radius 2 is 1.40 bits per heavy atom. The molecule has 0 saturated carbocycles. The van der Waals surface area contributed by atoms with Crippen LogP contribution in [0.3, 0.4) is 0 Å². The predicted octanol–water partition coefficient (Wildman–Crippen LogP) is -1.16. The van der Waals surface area contributed by atoms with E-state index >= 15 is 0 Å². The van der Waals surface area contributed by atoms with Crippen molar-refractivity contribution >= 4 is 5.96 Å². The van der Waals surface area contributed by atoms with Gasteiger partial charge in [-0.15, -0.1) is 0 Å². The maximum absolute atomic E-state index is 6.06. The summed E-state index contributed by atoms with van der Waals surface area (Å²) in [7, 11) is 0. The van der Waals surface area contributed by atoms with Gasteiger partial charge in [0.25, 0.3) is 0 Å². The zero-order valence-corrected chi connectivity index (χ0v) is 4.22. The van der Waals surface area contributed by atoms with Gasteiger partial charge in [0.1, 0.15) is 0 Å². The summed E-state index contributed by atoms with van der Waals surface area (Å²) in [5.41, 5.74) is 8.94. The first kappa shape index (κ1) is 8.88. The van der Waals surface area contributed by atoms with Crippen LogP contribution in [-0.4, -0.2) is 5.96 Å². The first-order valence-electron chi connectivity index (χ1n) is 0.827. The molecule has 0 rings (SSSR count). The third-order valence-corrected chi connectivity index (χ3v) is 0. The SMILES string of the molecule is N=C(N)N.[Ti]. The molecule has 0 fully saturated rings. The van der Waals surface area contributed by atoms with E-state index in [2.05, 4.69) is 11.5 Å². The van der Waals surface area contributed by atoms with Crippen LogP contribution in [0.25, 0.3) is 0 Å². The van der Waals surface area contributed by atoms with Gasteiger partial charge in [-0.05, 0) is 0 Å². The average Bonchev–Trinajstić information content (AvgIpc) is 0.811. The van der Waals surface area contributed by atoms with Crippen LogP contribution >= 0.6 is 0 Å². The monoisotopic (exact) mass is 107 g/mol. The minimum absolute atomic E-state index is 0. The molecule has 0 aliphatic rings. The fraction of sp³-hybridized carbons (Fsp3) is 0. The summed E-state index contributed by atoms with van der Waals surface area (Å²) >= 11 is 0. The van der Waals surface area contributed by atoms with Crippen molar-refractivity contribution < 1.29 is 21.7 Å². The number of guanidine groups is 1. The summed E-state index contributed by atoms with van der Waals surface area (Å²) in [6, 6.07) is 0. The second-order valence-corrected chi connectivity index (χ2v) is 0.455. The van der Waals surface area contributed by atoms with Gasteiger partial charge in [0, 0.05) is 21.7 Å². The summed E-state index contributed by atoms with van der Waals surface area (Å²) in [5, 5.41) is 6.06. The number of hydrogen-bond donors (Lipinski definition) is 3. The van der Waals surface area contributed by atoms with Crippen molar-refractivity contribution in [1.29, 1.82) is 5.41 Å². The van der Waals surface area contributed by atoms with E-state index < -0.39 is 0 Å². The van der Waals surface area contributed by atoms with Crippen LogP contribution < -0.4 is 11.5 Å². The molecule has 4 heteroatoms. The minimum atomic E-state index is -0.333. The molecule has 0 aromatic rings. The van der Waals surface area contributed by atoms with Crippen LogP contribution in [-0.2, 0) is 21.7 Å². The van der Waals surface area contributed by atoms with Crippen LogP contribution in [0.1, 0.15) is 0 Å². The molecule has 3 nitrogen and oxygen atoms in total. The van der Waals surface area contributed by atoms with Crippen molar-refractivity contribution in [2.24, 2.45) is 11.5 Å². The van der Waals surface area contributed by atoms with Gasteiger partial charge >= 0.3 is 0 Å². The van der Waals surface area contributed by atoms with Crippen molar-refractivity contribution in [1.82, 2.24) is 0 Å². The molecular formula is CH5N3Ti. The fourth-order valence-corrected chi connectivity index (χ4v) is 0. The Bertz CT molecular complexity index is 29.9. The van der Waals surface area contributed by atoms with Gasteiger partial charge in [-0.3, -0.25) is 5.41 Å². The van der Waals surface area contributed by atoms with Gasteiger partial charge in [-0.25, -0.2) is 0 Å². The van der Waals surface area contributed by atoms with Crippen LogP contribution in [0, 0.1) is 5.41 Å². The van der Waals surface area contributed by atoms with E-state index in [-0.39, 0.29) is 27.7 Å². The van der Waals surface area contributed by atoms with Gasteiger partial charge in [-0.1, -0.05) is 0 Å². The minimum Gasteiger partial charge on any atom is -0.370 e. The molecule has 0 bridgehead atoms. The molecular weight excluding hydrogens is 102 g/mol. The van der Waals surface area contributed by atoms with Crippen LogP contribution in [0.5, 0.6) is 0 Å². The predicted molar refractivity (Wildman–Crippen MR) is 16.1 cm³/mol. The second-order valence-electron chi connectivity index (χ2n) is 0.455. The Balaban J connectivity index is 0. The first-order chi connectivity index (χ1) is 1.73. The van der Waals surface area contributed by atoms with Gasteiger partial charge in [0.2, 0.25) is 0 Å². The topological polar surface area (TPSA) is 75.9 Å². The van der Waals surface area contributed by atoms with E-state index in [9.17, 15) is 0 Å². The molecule has 0 aliphatic heterocycles. The molecule has 0 radical (unpaired) electrons. The quantitative estimate of drug-likeness (QED) is 0.207. The zero-order chi connectivity index (χ0) is 3.58. The summed E-state index contributed by atoms with van der Waals surface area (Å²) in [4.78, 5) is 0. The first-order valence-corrected chi connectivity index (χ1v) is 0.827. The van der Waals surface area contributed by atoms with E-state index in [4.69, 9.17) is 5.41 Å². The molecule has 0 aliphatic carbocycles. The summed E-state index contributed by atoms with van der Waals surface area (Å²) < 4.78 is 0. The van der Waals surface area contributed by atoms with Gasteiger partial charge in [0.05, 0.1) is 0 Å². The molecule has 0 aromatic carbocycles. The van der Waals surface area contributed by atoms with Crippen molar-refractivity contribution in [2.45, 2.75) is 0 Å². The van der Waals surface area contributed by atoms with E-state index in [1.54, 1.807) is 0 Å². The van der Waals surface area contributed by atoms with Crippen LogP contribution in [0.2, 0.25) is 0 Å². The molecule has 0 atom stereocenters. The number of hydrogen-bond acceptors (Lipinski definition) is 1. The Morgan fingerprint density at radius 1 is 1.40 bits per heavy atom. The maximum Gasteiger partial charge on any atom is 0.183 e. The fourth-order valence-electron chi connectivity index (χ4n) is 0. The standard InChI is InChI=1S/CH5N3.Ti/c2-1(3)4;/h(H5,2,3,4);. The van der Waals surface area contributed by atoms with Crippen molar-refractivity contribution in [3.05, 3.63) is 0 Å². The van der Waals surface area contributed by atoms with E-state index in [1.165, 1.54) is 0 Å². The Labute approximate surface area is 45.1 Å². The zero-order valence-electron chi connectivity index (χ0n) is 2.65. The molecule has 28 valence electrons. The number of nitrogens with one attached hydrogen (secondary N) is 1. The molecule has 0 amide bonds. The van der Waals surface area contributed by atoms with Crippen molar-refractivity contribution in [3.63, 3.8) is 0 Å². The second kappa shape index (κ2) is 3.98. The molecule has 5 N–H and O–H groups in total. The molecule has 0 saturated heterocycles. The molecule has 5 heavy (non-hydrogen) atoms. The molecule has 0 heterocycles. The smallest absolute Gasteiger partial charge is 0.183 e. The summed E-state index contributed by atoms with van der Waals surface area (Å²) in [6.07, 6.45) is 0. The summed E-state index contributed by atoms with van der Waals surface area (Å²) in [6.45, 7) is 0. The largest absolute Gasteiger partial charge is 0.370 e. The molecule has 0 unspecified atom stereocenters. The van der Waals surface area contributed by atoms with E-state index in [1.807, 2.05) is 0 Å². The molecule has 0 spiro atoms. The van der Waals surface area contributed by atoms with E-state index in [0.29, 0.717) is 0 Å². The average molecular weight is 107 g/mol. The van der Waals surface area contributed by atoms with Gasteiger partial charge in [0.15, 0.2) is 5.96 Å². The third-order valence-electron chi connectivity index (χ3n) is 0. The number of nitrogens with two attached hydrogens (primary N) is 2. The van der Waals surface area contributed by atoms with Crippen molar-refractivity contribution in [3.8, 4) is 0 Å². The van der Waals surface area contributed by atoms with Crippen molar-refractivity contribution in [2.75, 3.05) is 0 Å². The Hall–Kier alpha value is -0.0157. The normalized spacial score (nSPS) is 4.80. The van der Waals surface area contributed by atoms with Gasteiger partial charge in [-0.2, -0.15) is 0 Å². The van der Waals surface area contributed by atoms with E-state index in [0.717, 1.165) is 0 Å². The molecule has 0 aromatic heterocycles. The third kappa shape index (κ3) is 63500. The maximum atomic E-state index is 6.06. The number of rotatable bonds is 0. The Morgan fingerprint density at radius 3 is 1.40 bits per heavy atom. The Kier molecular flexibility index (Phi) is 7.08.